The van der Waals surface area contributed by atoms with Gasteiger partial charge in [0.25, 0.3) is 5.91 Å². The Balaban J connectivity index is 0.00000364. The number of primary amides is 1. The maximum Gasteiger partial charge on any atom is 0.405 e. The monoisotopic (exact) mass is 426 g/mol. The second-order valence-corrected chi connectivity index (χ2v) is 6.82. The molecule has 1 heterocycles. The minimum absolute atomic E-state index is 0. The fourth-order valence-electron chi connectivity index (χ4n) is 2.66. The Morgan fingerprint density at radius 1 is 1.26 bits per heavy atom. The van der Waals surface area contributed by atoms with Gasteiger partial charge in [0.15, 0.2) is 0 Å². The molecule has 1 aliphatic rings. The number of benzene rings is 1. The number of hydrogen-bond acceptors (Lipinski definition) is 5. The maximum absolute atomic E-state index is 13.4. The molecule has 4 N–H and O–H groups in total. The topological polar surface area (TPSA) is 87.5 Å². The number of amides is 2. The van der Waals surface area contributed by atoms with Gasteiger partial charge in [-0.25, -0.2) is 0 Å². The number of nitrogens with zero attached hydrogens (tertiary/aromatic N) is 1. The number of hydrogen-bond donors (Lipinski definition) is 3. The highest BCUT2D eigenvalue weighted by atomic mass is 35.5. The van der Waals surface area contributed by atoms with Gasteiger partial charge in [0.05, 0.1) is 11.3 Å². The van der Waals surface area contributed by atoms with Crippen molar-refractivity contribution in [1.29, 1.82) is 0 Å². The zero-order valence-corrected chi connectivity index (χ0v) is 16.1. The van der Waals surface area contributed by atoms with Crippen molar-refractivity contribution in [1.82, 2.24) is 15.5 Å². The maximum atomic E-state index is 13.4. The number of halogens is 4. The molecule has 0 aromatic heterocycles. The second-order valence-electron chi connectivity index (χ2n) is 5.80. The molecule has 1 saturated heterocycles. The van der Waals surface area contributed by atoms with E-state index in [1.54, 1.807) is 18.2 Å². The minimum atomic E-state index is -4.44. The van der Waals surface area contributed by atoms with Gasteiger partial charge in [-0.3, -0.25) is 14.5 Å². The number of rotatable bonds is 7. The molecule has 1 unspecified atom stereocenters. The molecular formula is C16H22ClF3N4O2S. The first-order valence-electron chi connectivity index (χ1n) is 8.09. The van der Waals surface area contributed by atoms with Crippen molar-refractivity contribution in [3.63, 3.8) is 0 Å². The van der Waals surface area contributed by atoms with Crippen LogP contribution in [0.15, 0.2) is 29.2 Å². The smallest absolute Gasteiger partial charge is 0.369 e. The van der Waals surface area contributed by atoms with Crippen molar-refractivity contribution in [3.8, 4) is 0 Å². The van der Waals surface area contributed by atoms with Gasteiger partial charge in [-0.15, -0.1) is 24.2 Å². The standard InChI is InChI=1S/C16H21F3N4O2S.ClH/c17-16(18,19)13(23-7-5-21-6-8-23)9-22-15(25)11-3-1-2-4-12(11)26-10-14(20)24;/h1-4,13,21H,5-10H2,(H2,20,24)(H,22,25);1H. The molecule has 6 nitrogen and oxygen atoms in total. The van der Waals surface area contributed by atoms with Crippen molar-refractivity contribution in [2.24, 2.45) is 5.73 Å². The summed E-state index contributed by atoms with van der Waals surface area (Å²) < 4.78 is 40.1. The van der Waals surface area contributed by atoms with Gasteiger partial charge >= 0.3 is 6.18 Å². The molecule has 27 heavy (non-hydrogen) atoms. The molecule has 152 valence electrons. The molecule has 1 aromatic rings. The Kier molecular flexibility index (Phi) is 9.37. The van der Waals surface area contributed by atoms with E-state index in [-0.39, 0.29) is 36.8 Å². The van der Waals surface area contributed by atoms with Crippen molar-refractivity contribution in [2.45, 2.75) is 17.1 Å². The van der Waals surface area contributed by atoms with Crippen molar-refractivity contribution < 1.29 is 22.8 Å². The summed E-state index contributed by atoms with van der Waals surface area (Å²) in [5.41, 5.74) is 5.32. The molecule has 1 aliphatic heterocycles. The van der Waals surface area contributed by atoms with Crippen LogP contribution in [0, 0.1) is 0 Å². The first kappa shape index (κ1) is 23.5. The van der Waals surface area contributed by atoms with Crippen LogP contribution < -0.4 is 16.4 Å². The van der Waals surface area contributed by atoms with E-state index in [2.05, 4.69) is 10.6 Å². The summed E-state index contributed by atoms with van der Waals surface area (Å²) in [6.45, 7) is 0.966. The SMILES string of the molecule is Cl.NC(=O)CSc1ccccc1C(=O)NCC(N1CCNCC1)C(F)(F)F. The predicted molar refractivity (Wildman–Crippen MR) is 100 cm³/mol. The average molecular weight is 427 g/mol. The molecule has 0 spiro atoms. The molecule has 1 aromatic carbocycles. The van der Waals surface area contributed by atoms with E-state index in [9.17, 15) is 22.8 Å². The number of alkyl halides is 3. The number of nitrogens with one attached hydrogen (secondary N) is 2. The number of piperazine rings is 1. The zero-order valence-electron chi connectivity index (χ0n) is 14.4. The van der Waals surface area contributed by atoms with Crippen LogP contribution in [0.3, 0.4) is 0 Å². The summed E-state index contributed by atoms with van der Waals surface area (Å²) in [6.07, 6.45) is -4.44. The van der Waals surface area contributed by atoms with Gasteiger partial charge in [-0.1, -0.05) is 12.1 Å². The van der Waals surface area contributed by atoms with Gasteiger partial charge in [0, 0.05) is 37.6 Å². The molecule has 1 fully saturated rings. The van der Waals surface area contributed by atoms with Gasteiger partial charge in [-0.2, -0.15) is 13.2 Å². The van der Waals surface area contributed by atoms with Crippen LogP contribution in [-0.4, -0.2) is 67.4 Å². The van der Waals surface area contributed by atoms with Gasteiger partial charge < -0.3 is 16.4 Å². The van der Waals surface area contributed by atoms with Crippen molar-refractivity contribution in [2.75, 3.05) is 38.5 Å². The second kappa shape index (κ2) is 10.7. The molecule has 0 bridgehead atoms. The van der Waals surface area contributed by atoms with E-state index < -0.39 is 30.6 Å². The van der Waals surface area contributed by atoms with E-state index in [1.165, 1.54) is 11.0 Å². The first-order chi connectivity index (χ1) is 12.3. The summed E-state index contributed by atoms with van der Waals surface area (Å²) >= 11 is 1.08. The Morgan fingerprint density at radius 2 is 1.89 bits per heavy atom. The molecule has 0 saturated carbocycles. The minimum Gasteiger partial charge on any atom is -0.369 e. The Morgan fingerprint density at radius 3 is 2.48 bits per heavy atom. The highest BCUT2D eigenvalue weighted by Crippen LogP contribution is 2.26. The van der Waals surface area contributed by atoms with E-state index in [0.717, 1.165) is 11.8 Å². The molecular weight excluding hydrogens is 405 g/mol. The van der Waals surface area contributed by atoms with Gasteiger partial charge in [-0.05, 0) is 12.1 Å². The van der Waals surface area contributed by atoms with Crippen LogP contribution in [0.1, 0.15) is 10.4 Å². The van der Waals surface area contributed by atoms with E-state index in [0.29, 0.717) is 18.0 Å². The van der Waals surface area contributed by atoms with E-state index in [4.69, 9.17) is 5.73 Å². The zero-order chi connectivity index (χ0) is 19.2. The van der Waals surface area contributed by atoms with Crippen LogP contribution in [0.2, 0.25) is 0 Å². The number of carbonyl (C=O) groups excluding carboxylic acids is 2. The molecule has 0 radical (unpaired) electrons. The molecule has 1 atom stereocenters. The summed E-state index contributed by atoms with van der Waals surface area (Å²) in [5, 5.41) is 5.39. The Bertz CT molecular complexity index is 642. The normalized spacial score (nSPS) is 16.3. The fraction of sp³-hybridized carbons (Fsp3) is 0.500. The molecule has 2 amide bonds. The number of thioether (sulfide) groups is 1. The third kappa shape index (κ3) is 7.21. The summed E-state index contributed by atoms with van der Waals surface area (Å²) in [4.78, 5) is 25.1. The fourth-order valence-corrected chi connectivity index (χ4v) is 3.45. The molecule has 0 aliphatic carbocycles. The molecule has 2 rings (SSSR count). The lowest BCUT2D eigenvalue weighted by molar-refractivity contribution is -0.183. The summed E-state index contributed by atoms with van der Waals surface area (Å²) in [5.74, 6) is -1.17. The van der Waals surface area contributed by atoms with Crippen LogP contribution in [0.25, 0.3) is 0 Å². The van der Waals surface area contributed by atoms with E-state index in [1.807, 2.05) is 0 Å². The highest BCUT2D eigenvalue weighted by Gasteiger charge is 2.43. The quantitative estimate of drug-likeness (QED) is 0.571. The van der Waals surface area contributed by atoms with Gasteiger partial charge in [0.1, 0.15) is 6.04 Å². The van der Waals surface area contributed by atoms with Crippen LogP contribution in [0.5, 0.6) is 0 Å². The Hall–Kier alpha value is -1.49. The first-order valence-corrected chi connectivity index (χ1v) is 9.07. The third-order valence-corrected chi connectivity index (χ3v) is 5.02. The summed E-state index contributed by atoms with van der Waals surface area (Å²) in [7, 11) is 0. The lowest BCUT2D eigenvalue weighted by atomic mass is 10.1. The lowest BCUT2D eigenvalue weighted by Gasteiger charge is -2.35. The van der Waals surface area contributed by atoms with Gasteiger partial charge in [0.2, 0.25) is 5.91 Å². The van der Waals surface area contributed by atoms with Crippen LogP contribution in [0.4, 0.5) is 13.2 Å². The van der Waals surface area contributed by atoms with Crippen molar-refractivity contribution in [3.05, 3.63) is 29.8 Å². The highest BCUT2D eigenvalue weighted by molar-refractivity contribution is 8.00. The predicted octanol–water partition coefficient (Wildman–Crippen LogP) is 1.25. The number of nitrogens with two attached hydrogens (primary N) is 1. The number of carbonyl (C=O) groups is 2. The Labute approximate surface area is 165 Å². The van der Waals surface area contributed by atoms with Crippen molar-refractivity contribution >= 4 is 36.0 Å². The van der Waals surface area contributed by atoms with Crippen LogP contribution in [-0.2, 0) is 4.79 Å². The third-order valence-electron chi connectivity index (χ3n) is 3.93. The molecule has 11 heteroatoms. The summed E-state index contributed by atoms with van der Waals surface area (Å²) in [6, 6.07) is 4.69. The van der Waals surface area contributed by atoms with E-state index >= 15 is 0 Å². The average Bonchev–Trinajstić information content (AvgIpc) is 2.60. The largest absolute Gasteiger partial charge is 0.405 e. The lowest BCUT2D eigenvalue weighted by Crippen LogP contribution is -2.57. The van der Waals surface area contributed by atoms with Crippen LogP contribution >= 0.6 is 24.2 Å².